The van der Waals surface area contributed by atoms with E-state index in [1.54, 1.807) is 0 Å². The third-order valence-corrected chi connectivity index (χ3v) is 3.62. The smallest absolute Gasteiger partial charge is 0.193 e. The van der Waals surface area contributed by atoms with Gasteiger partial charge in [-0.3, -0.25) is 4.99 Å². The van der Waals surface area contributed by atoms with E-state index in [0.29, 0.717) is 0 Å². The van der Waals surface area contributed by atoms with Crippen molar-refractivity contribution in [3.8, 4) is 0 Å². The third kappa shape index (κ3) is 6.36. The minimum absolute atomic E-state index is 0. The molecule has 2 rings (SSSR count). The van der Waals surface area contributed by atoms with Crippen molar-refractivity contribution in [1.82, 2.24) is 10.2 Å². The summed E-state index contributed by atoms with van der Waals surface area (Å²) < 4.78 is 5.32. The zero-order valence-corrected chi connectivity index (χ0v) is 15.7. The van der Waals surface area contributed by atoms with Crippen molar-refractivity contribution in [2.75, 3.05) is 33.9 Å². The molecule has 1 aromatic rings. The molecule has 1 aliphatic heterocycles. The topological polar surface area (TPSA) is 36.9 Å². The lowest BCUT2D eigenvalue weighted by molar-refractivity contribution is 0.153. The van der Waals surface area contributed by atoms with Crippen LogP contribution in [0, 0.1) is 0 Å². The molecule has 0 fully saturated rings. The Kier molecular flexibility index (Phi) is 9.15. The molecular formula is C17H26IN3O. The normalized spacial score (nSPS) is 14.8. The van der Waals surface area contributed by atoms with Gasteiger partial charge in [0.15, 0.2) is 5.96 Å². The van der Waals surface area contributed by atoms with E-state index in [0.717, 1.165) is 45.1 Å². The van der Waals surface area contributed by atoms with Gasteiger partial charge in [0.2, 0.25) is 0 Å². The highest BCUT2D eigenvalue weighted by atomic mass is 127. The Balaban J connectivity index is 0.00000242. The van der Waals surface area contributed by atoms with Gasteiger partial charge in [-0.25, -0.2) is 0 Å². The number of ether oxygens (including phenoxy) is 1. The van der Waals surface area contributed by atoms with Gasteiger partial charge in [0.1, 0.15) is 0 Å². The standard InChI is InChI=1S/C17H25N3O.HI/c1-18-17(19-11-8-15-9-12-21-13-10-15)20(2)14-16-6-4-3-5-7-16;/h3-7,9H,8,10-14H2,1-2H3,(H,18,19);1H. The minimum atomic E-state index is 0. The molecule has 0 aromatic heterocycles. The summed E-state index contributed by atoms with van der Waals surface area (Å²) in [4.78, 5) is 6.50. The summed E-state index contributed by atoms with van der Waals surface area (Å²) in [5.74, 6) is 0.937. The second-order valence-electron chi connectivity index (χ2n) is 5.25. The molecule has 0 radical (unpaired) electrons. The minimum Gasteiger partial charge on any atom is -0.377 e. The first-order chi connectivity index (χ1) is 10.3. The second kappa shape index (κ2) is 10.6. The molecule has 1 aliphatic rings. The molecule has 122 valence electrons. The molecular weight excluding hydrogens is 389 g/mol. The Morgan fingerprint density at radius 3 is 2.73 bits per heavy atom. The van der Waals surface area contributed by atoms with E-state index in [4.69, 9.17) is 4.74 Å². The van der Waals surface area contributed by atoms with Gasteiger partial charge in [0, 0.05) is 27.2 Å². The summed E-state index contributed by atoms with van der Waals surface area (Å²) in [5, 5.41) is 3.43. The highest BCUT2D eigenvalue weighted by Crippen LogP contribution is 2.11. The van der Waals surface area contributed by atoms with Gasteiger partial charge in [0.25, 0.3) is 0 Å². The first kappa shape index (κ1) is 19.0. The quantitative estimate of drug-likeness (QED) is 0.348. The van der Waals surface area contributed by atoms with Crippen molar-refractivity contribution in [3.05, 3.63) is 47.5 Å². The summed E-state index contributed by atoms with van der Waals surface area (Å²) in [6.07, 6.45) is 4.31. The van der Waals surface area contributed by atoms with Crippen molar-refractivity contribution in [2.24, 2.45) is 4.99 Å². The molecule has 1 N–H and O–H groups in total. The number of halogens is 1. The summed E-state index contributed by atoms with van der Waals surface area (Å²) >= 11 is 0. The Morgan fingerprint density at radius 1 is 1.32 bits per heavy atom. The molecule has 0 saturated heterocycles. The molecule has 0 saturated carbocycles. The van der Waals surface area contributed by atoms with Crippen LogP contribution in [0.1, 0.15) is 18.4 Å². The highest BCUT2D eigenvalue weighted by molar-refractivity contribution is 14.0. The second-order valence-corrected chi connectivity index (χ2v) is 5.25. The Labute approximate surface area is 150 Å². The largest absolute Gasteiger partial charge is 0.377 e. The van der Waals surface area contributed by atoms with Gasteiger partial charge in [-0.05, 0) is 18.4 Å². The molecule has 0 bridgehead atoms. The predicted molar refractivity (Wildman–Crippen MR) is 103 cm³/mol. The molecule has 1 aromatic carbocycles. The van der Waals surface area contributed by atoms with Crippen LogP contribution in [0.25, 0.3) is 0 Å². The zero-order valence-electron chi connectivity index (χ0n) is 13.4. The number of nitrogens with one attached hydrogen (secondary N) is 1. The maximum Gasteiger partial charge on any atom is 0.193 e. The van der Waals surface area contributed by atoms with Crippen LogP contribution < -0.4 is 5.32 Å². The maximum absolute atomic E-state index is 5.32. The van der Waals surface area contributed by atoms with Gasteiger partial charge in [-0.15, -0.1) is 24.0 Å². The zero-order chi connectivity index (χ0) is 14.9. The van der Waals surface area contributed by atoms with E-state index >= 15 is 0 Å². The van der Waals surface area contributed by atoms with Gasteiger partial charge in [0.05, 0.1) is 13.2 Å². The van der Waals surface area contributed by atoms with Crippen molar-refractivity contribution in [3.63, 3.8) is 0 Å². The number of rotatable bonds is 5. The maximum atomic E-state index is 5.32. The summed E-state index contributed by atoms with van der Waals surface area (Å²) in [6.45, 7) is 3.39. The van der Waals surface area contributed by atoms with Crippen molar-refractivity contribution >= 4 is 29.9 Å². The van der Waals surface area contributed by atoms with Crippen molar-refractivity contribution in [2.45, 2.75) is 19.4 Å². The number of benzene rings is 1. The summed E-state index contributed by atoms with van der Waals surface area (Å²) in [7, 11) is 3.90. The van der Waals surface area contributed by atoms with E-state index in [9.17, 15) is 0 Å². The van der Waals surface area contributed by atoms with Crippen LogP contribution in [-0.4, -0.2) is 44.7 Å². The van der Waals surface area contributed by atoms with E-state index in [-0.39, 0.29) is 24.0 Å². The monoisotopic (exact) mass is 415 g/mol. The number of hydrogen-bond donors (Lipinski definition) is 1. The van der Waals surface area contributed by atoms with Crippen LogP contribution in [0.5, 0.6) is 0 Å². The molecule has 4 nitrogen and oxygen atoms in total. The van der Waals surface area contributed by atoms with E-state index in [2.05, 4.69) is 52.6 Å². The van der Waals surface area contributed by atoms with Crippen LogP contribution >= 0.6 is 24.0 Å². The van der Waals surface area contributed by atoms with Crippen LogP contribution in [-0.2, 0) is 11.3 Å². The lowest BCUT2D eigenvalue weighted by Gasteiger charge is -2.22. The van der Waals surface area contributed by atoms with Crippen LogP contribution in [0.3, 0.4) is 0 Å². The molecule has 22 heavy (non-hydrogen) atoms. The Bertz CT molecular complexity index is 488. The fraction of sp³-hybridized carbons (Fsp3) is 0.471. The van der Waals surface area contributed by atoms with E-state index < -0.39 is 0 Å². The molecule has 0 spiro atoms. The fourth-order valence-electron chi connectivity index (χ4n) is 2.44. The molecule has 0 atom stereocenters. The van der Waals surface area contributed by atoms with Gasteiger partial charge in [-0.2, -0.15) is 0 Å². The first-order valence-corrected chi connectivity index (χ1v) is 7.51. The lowest BCUT2D eigenvalue weighted by Crippen LogP contribution is -2.39. The average molecular weight is 415 g/mol. The number of aliphatic imine (C=N–C) groups is 1. The summed E-state index contributed by atoms with van der Waals surface area (Å²) in [5.41, 5.74) is 2.77. The van der Waals surface area contributed by atoms with Gasteiger partial charge in [-0.1, -0.05) is 42.0 Å². The molecule has 0 amide bonds. The van der Waals surface area contributed by atoms with Crippen LogP contribution in [0.4, 0.5) is 0 Å². The fourth-order valence-corrected chi connectivity index (χ4v) is 2.44. The third-order valence-electron chi connectivity index (χ3n) is 3.62. The SMILES string of the molecule is CN=C(NCCC1=CCOCC1)N(C)Cc1ccccc1.I. The van der Waals surface area contributed by atoms with E-state index in [1.807, 2.05) is 13.1 Å². The lowest BCUT2D eigenvalue weighted by atomic mass is 10.1. The molecule has 0 aliphatic carbocycles. The average Bonchev–Trinajstić information content (AvgIpc) is 2.53. The predicted octanol–water partition coefficient (Wildman–Crippen LogP) is 3.05. The van der Waals surface area contributed by atoms with Gasteiger partial charge >= 0.3 is 0 Å². The molecule has 0 unspecified atom stereocenters. The number of hydrogen-bond acceptors (Lipinski definition) is 2. The highest BCUT2D eigenvalue weighted by Gasteiger charge is 2.07. The first-order valence-electron chi connectivity index (χ1n) is 7.51. The van der Waals surface area contributed by atoms with Crippen LogP contribution in [0.2, 0.25) is 0 Å². The summed E-state index contributed by atoms with van der Waals surface area (Å²) in [6, 6.07) is 10.4. The van der Waals surface area contributed by atoms with Crippen molar-refractivity contribution < 1.29 is 4.74 Å². The van der Waals surface area contributed by atoms with E-state index in [1.165, 1.54) is 11.1 Å². The number of nitrogens with zero attached hydrogens (tertiary/aromatic N) is 2. The van der Waals surface area contributed by atoms with Crippen molar-refractivity contribution in [1.29, 1.82) is 0 Å². The van der Waals surface area contributed by atoms with Gasteiger partial charge < -0.3 is 15.0 Å². The Morgan fingerprint density at radius 2 is 2.09 bits per heavy atom. The number of guanidine groups is 1. The van der Waals surface area contributed by atoms with Crippen LogP contribution in [0.15, 0.2) is 47.0 Å². The molecule has 5 heteroatoms. The molecule has 1 heterocycles. The Hall–Kier alpha value is -1.08.